The molecule has 2 N–H and O–H groups in total. The van der Waals surface area contributed by atoms with Gasteiger partial charge in [0, 0.05) is 5.02 Å². The summed E-state index contributed by atoms with van der Waals surface area (Å²) < 4.78 is 5.67. The van der Waals surface area contributed by atoms with Crippen LogP contribution in [0.5, 0.6) is 5.75 Å². The van der Waals surface area contributed by atoms with Gasteiger partial charge in [-0.3, -0.25) is 0 Å². The van der Waals surface area contributed by atoms with E-state index in [4.69, 9.17) is 22.1 Å². The number of anilines is 1. The molecule has 0 spiro atoms. The van der Waals surface area contributed by atoms with Gasteiger partial charge in [-0.1, -0.05) is 42.8 Å². The van der Waals surface area contributed by atoms with E-state index in [0.29, 0.717) is 23.1 Å². The molecule has 3 heteroatoms. The predicted octanol–water partition coefficient (Wildman–Crippen LogP) is 4.06. The van der Waals surface area contributed by atoms with Crippen LogP contribution in [-0.2, 0) is 13.0 Å². The summed E-state index contributed by atoms with van der Waals surface area (Å²) in [5, 5.41) is 0.618. The SMILES string of the molecule is CCc1ccc(COc2ccc(Cl)cc2N)cc1. The number of benzene rings is 2. The maximum absolute atomic E-state index is 5.83. The van der Waals surface area contributed by atoms with Gasteiger partial charge in [0.1, 0.15) is 12.4 Å². The van der Waals surface area contributed by atoms with Crippen molar-refractivity contribution < 1.29 is 4.74 Å². The Labute approximate surface area is 112 Å². The molecule has 0 bridgehead atoms. The second-order valence-corrected chi connectivity index (χ2v) is 4.58. The first-order valence-electron chi connectivity index (χ1n) is 5.94. The van der Waals surface area contributed by atoms with Crippen LogP contribution in [0.2, 0.25) is 5.02 Å². The van der Waals surface area contributed by atoms with Gasteiger partial charge in [0.05, 0.1) is 5.69 Å². The standard InChI is InChI=1S/C15H16ClNO/c1-2-11-3-5-12(6-4-11)10-18-15-8-7-13(16)9-14(15)17/h3-9H,2,10,17H2,1H3. The van der Waals surface area contributed by atoms with Gasteiger partial charge in [-0.25, -0.2) is 0 Å². The van der Waals surface area contributed by atoms with E-state index in [1.165, 1.54) is 5.56 Å². The minimum atomic E-state index is 0.510. The highest BCUT2D eigenvalue weighted by molar-refractivity contribution is 6.30. The molecule has 2 aromatic carbocycles. The first-order valence-corrected chi connectivity index (χ1v) is 6.32. The summed E-state index contributed by atoms with van der Waals surface area (Å²) in [5.74, 6) is 0.666. The third-order valence-electron chi connectivity index (χ3n) is 2.80. The highest BCUT2D eigenvalue weighted by atomic mass is 35.5. The first kappa shape index (κ1) is 12.8. The smallest absolute Gasteiger partial charge is 0.142 e. The maximum Gasteiger partial charge on any atom is 0.142 e. The van der Waals surface area contributed by atoms with Crippen molar-refractivity contribution in [3.8, 4) is 5.75 Å². The Morgan fingerprint density at radius 1 is 1.06 bits per heavy atom. The Bertz CT molecular complexity index is 523. The zero-order valence-corrected chi connectivity index (χ0v) is 11.1. The number of nitrogens with two attached hydrogens (primary N) is 1. The van der Waals surface area contributed by atoms with Crippen molar-refractivity contribution in [2.75, 3.05) is 5.73 Å². The zero-order valence-electron chi connectivity index (χ0n) is 10.3. The van der Waals surface area contributed by atoms with Gasteiger partial charge in [-0.15, -0.1) is 0 Å². The number of halogens is 1. The number of nitrogen functional groups attached to an aromatic ring is 1. The molecule has 0 aliphatic heterocycles. The van der Waals surface area contributed by atoms with E-state index in [1.807, 2.05) is 0 Å². The summed E-state index contributed by atoms with van der Waals surface area (Å²) in [6, 6.07) is 13.6. The number of hydrogen-bond donors (Lipinski definition) is 1. The molecular formula is C15H16ClNO. The summed E-state index contributed by atoms with van der Waals surface area (Å²) in [4.78, 5) is 0. The molecule has 0 aliphatic rings. The monoisotopic (exact) mass is 261 g/mol. The van der Waals surface area contributed by atoms with E-state index in [2.05, 4.69) is 31.2 Å². The molecule has 0 radical (unpaired) electrons. The molecule has 0 atom stereocenters. The number of hydrogen-bond acceptors (Lipinski definition) is 2. The summed E-state index contributed by atoms with van der Waals surface area (Å²) in [5.41, 5.74) is 8.83. The average Bonchev–Trinajstić information content (AvgIpc) is 2.38. The lowest BCUT2D eigenvalue weighted by atomic mass is 10.1. The summed E-state index contributed by atoms with van der Waals surface area (Å²) in [6.45, 7) is 2.65. The quantitative estimate of drug-likeness (QED) is 0.843. The number of rotatable bonds is 4. The van der Waals surface area contributed by atoms with E-state index in [0.717, 1.165) is 12.0 Å². The predicted molar refractivity (Wildman–Crippen MR) is 76.0 cm³/mol. The topological polar surface area (TPSA) is 35.2 Å². The zero-order chi connectivity index (χ0) is 13.0. The average molecular weight is 262 g/mol. The van der Waals surface area contributed by atoms with Crippen LogP contribution in [-0.4, -0.2) is 0 Å². The van der Waals surface area contributed by atoms with Crippen molar-refractivity contribution in [2.24, 2.45) is 0 Å². The highest BCUT2D eigenvalue weighted by Gasteiger charge is 2.01. The molecule has 0 saturated carbocycles. The Hall–Kier alpha value is -1.67. The third kappa shape index (κ3) is 3.17. The Morgan fingerprint density at radius 2 is 1.72 bits per heavy atom. The lowest BCUT2D eigenvalue weighted by molar-refractivity contribution is 0.308. The number of ether oxygens (including phenoxy) is 1. The molecule has 0 unspecified atom stereocenters. The molecule has 0 aromatic heterocycles. The van der Waals surface area contributed by atoms with Crippen molar-refractivity contribution in [3.63, 3.8) is 0 Å². The molecule has 18 heavy (non-hydrogen) atoms. The molecule has 0 heterocycles. The molecule has 0 fully saturated rings. The molecule has 0 saturated heterocycles. The second-order valence-electron chi connectivity index (χ2n) is 4.14. The van der Waals surface area contributed by atoms with Gasteiger partial charge < -0.3 is 10.5 Å². The molecule has 2 rings (SSSR count). The maximum atomic E-state index is 5.83. The van der Waals surface area contributed by atoms with Gasteiger partial charge in [-0.2, -0.15) is 0 Å². The molecule has 2 aromatic rings. The third-order valence-corrected chi connectivity index (χ3v) is 3.03. The van der Waals surface area contributed by atoms with E-state index < -0.39 is 0 Å². The van der Waals surface area contributed by atoms with Crippen LogP contribution in [0.1, 0.15) is 18.1 Å². The van der Waals surface area contributed by atoms with Gasteiger partial charge >= 0.3 is 0 Å². The van der Waals surface area contributed by atoms with Gasteiger partial charge in [0.2, 0.25) is 0 Å². The van der Waals surface area contributed by atoms with Gasteiger partial charge in [0.15, 0.2) is 0 Å². The highest BCUT2D eigenvalue weighted by Crippen LogP contribution is 2.25. The molecule has 0 aliphatic carbocycles. The Morgan fingerprint density at radius 3 is 2.33 bits per heavy atom. The fourth-order valence-corrected chi connectivity index (χ4v) is 1.86. The Kier molecular flexibility index (Phi) is 4.11. The van der Waals surface area contributed by atoms with Crippen LogP contribution >= 0.6 is 11.6 Å². The normalized spacial score (nSPS) is 10.3. The van der Waals surface area contributed by atoms with Crippen LogP contribution < -0.4 is 10.5 Å². The first-order chi connectivity index (χ1) is 8.69. The minimum absolute atomic E-state index is 0.510. The molecule has 94 valence electrons. The van der Waals surface area contributed by atoms with Crippen molar-refractivity contribution in [1.82, 2.24) is 0 Å². The molecule has 2 nitrogen and oxygen atoms in total. The van der Waals surface area contributed by atoms with E-state index in [1.54, 1.807) is 18.2 Å². The van der Waals surface area contributed by atoms with Crippen LogP contribution in [0, 0.1) is 0 Å². The van der Waals surface area contributed by atoms with Crippen LogP contribution in [0.4, 0.5) is 5.69 Å². The lowest BCUT2D eigenvalue weighted by Crippen LogP contribution is -1.98. The fourth-order valence-electron chi connectivity index (χ4n) is 1.68. The van der Waals surface area contributed by atoms with E-state index in [9.17, 15) is 0 Å². The van der Waals surface area contributed by atoms with Crippen LogP contribution in [0.3, 0.4) is 0 Å². The Balaban J connectivity index is 2.02. The van der Waals surface area contributed by atoms with Crippen LogP contribution in [0.25, 0.3) is 0 Å². The second kappa shape index (κ2) is 5.78. The summed E-state index contributed by atoms with van der Waals surface area (Å²) in [6.07, 6.45) is 1.05. The van der Waals surface area contributed by atoms with E-state index >= 15 is 0 Å². The van der Waals surface area contributed by atoms with Crippen molar-refractivity contribution >= 4 is 17.3 Å². The van der Waals surface area contributed by atoms with Crippen LogP contribution in [0.15, 0.2) is 42.5 Å². The van der Waals surface area contributed by atoms with Crippen molar-refractivity contribution in [3.05, 3.63) is 58.6 Å². The van der Waals surface area contributed by atoms with E-state index in [-0.39, 0.29) is 0 Å². The summed E-state index contributed by atoms with van der Waals surface area (Å²) >= 11 is 5.83. The molecule has 0 amide bonds. The number of aryl methyl sites for hydroxylation is 1. The van der Waals surface area contributed by atoms with Gasteiger partial charge in [-0.05, 0) is 35.7 Å². The molecular weight excluding hydrogens is 246 g/mol. The van der Waals surface area contributed by atoms with Gasteiger partial charge in [0.25, 0.3) is 0 Å². The largest absolute Gasteiger partial charge is 0.487 e. The lowest BCUT2D eigenvalue weighted by Gasteiger charge is -2.09. The summed E-state index contributed by atoms with van der Waals surface area (Å²) in [7, 11) is 0. The fraction of sp³-hybridized carbons (Fsp3) is 0.200. The van der Waals surface area contributed by atoms with Crippen molar-refractivity contribution in [1.29, 1.82) is 0 Å². The minimum Gasteiger partial charge on any atom is -0.487 e. The van der Waals surface area contributed by atoms with Crippen molar-refractivity contribution in [2.45, 2.75) is 20.0 Å².